The van der Waals surface area contributed by atoms with E-state index in [0.717, 1.165) is 0 Å². The molecule has 13 heteroatoms. The first-order valence-corrected chi connectivity index (χ1v) is 13.3. The fraction of sp³-hybridized carbons (Fsp3) is 0.519. The van der Waals surface area contributed by atoms with Crippen molar-refractivity contribution in [1.29, 1.82) is 5.41 Å². The van der Waals surface area contributed by atoms with Crippen molar-refractivity contribution in [3.8, 4) is 17.1 Å². The Bertz CT molecular complexity index is 1230. The lowest BCUT2D eigenvalue weighted by molar-refractivity contribution is -0.138. The van der Waals surface area contributed by atoms with Gasteiger partial charge in [0, 0.05) is 56.1 Å². The van der Waals surface area contributed by atoms with Gasteiger partial charge in [-0.1, -0.05) is 11.6 Å². The van der Waals surface area contributed by atoms with Crippen LogP contribution in [-0.2, 0) is 0 Å². The molecule has 0 aliphatic carbocycles. The number of aliphatic hydroxyl groups excluding tert-OH is 2. The first kappa shape index (κ1) is 31.6. The summed E-state index contributed by atoms with van der Waals surface area (Å²) in [4.78, 5) is 13.3. The molecule has 0 unspecified atom stereocenters. The van der Waals surface area contributed by atoms with E-state index in [-0.39, 0.29) is 36.0 Å². The molecule has 0 spiro atoms. The van der Waals surface area contributed by atoms with E-state index in [1.807, 2.05) is 4.90 Å². The quantitative estimate of drug-likeness (QED) is 0.226. The molecule has 2 aromatic rings. The Labute approximate surface area is 237 Å². The largest absolute Gasteiger partial charge is 0.512 e. The smallest absolute Gasteiger partial charge is 0.390 e. The van der Waals surface area contributed by atoms with Crippen molar-refractivity contribution < 1.29 is 28.1 Å². The van der Waals surface area contributed by atoms with Gasteiger partial charge in [-0.15, -0.1) is 0 Å². The van der Waals surface area contributed by atoms with Gasteiger partial charge >= 0.3 is 6.18 Å². The molecule has 0 bridgehead atoms. The number of nitrogens with zero attached hydrogens (tertiary/aromatic N) is 4. The van der Waals surface area contributed by atoms with Crippen LogP contribution in [0.5, 0.6) is 5.75 Å². The number of hydrogen-bond donors (Lipinski definition) is 4. The number of aliphatic hydroxyl groups is 2. The summed E-state index contributed by atoms with van der Waals surface area (Å²) in [6.07, 6.45) is -5.79. The van der Waals surface area contributed by atoms with E-state index in [2.05, 4.69) is 5.32 Å². The van der Waals surface area contributed by atoms with E-state index < -0.39 is 18.7 Å². The van der Waals surface area contributed by atoms with Crippen molar-refractivity contribution in [2.75, 3.05) is 57.8 Å². The SMILES string of the molecule is CNC[C@@H](O)COc1ccc(Cl)c(-c2nc(/C(C(C)=N)=C(\C)O)c(C)c(N3CCN(CCC(F)(F)F)CC3)n2)c1. The molecule has 1 fully saturated rings. The number of rotatable bonds is 11. The summed E-state index contributed by atoms with van der Waals surface area (Å²) < 4.78 is 43.9. The minimum Gasteiger partial charge on any atom is -0.512 e. The highest BCUT2D eigenvalue weighted by atomic mass is 35.5. The highest BCUT2D eigenvalue weighted by molar-refractivity contribution is 6.33. The summed E-state index contributed by atoms with van der Waals surface area (Å²) in [7, 11) is 1.72. The zero-order valence-corrected chi connectivity index (χ0v) is 23.8. The summed E-state index contributed by atoms with van der Waals surface area (Å²) >= 11 is 6.56. The van der Waals surface area contributed by atoms with E-state index in [1.54, 1.807) is 44.0 Å². The zero-order valence-electron chi connectivity index (χ0n) is 23.1. The minimum atomic E-state index is -4.21. The lowest BCUT2D eigenvalue weighted by Gasteiger charge is -2.36. The Balaban J connectivity index is 2.01. The summed E-state index contributed by atoms with van der Waals surface area (Å²) in [6.45, 7) is 6.89. The van der Waals surface area contributed by atoms with Crippen LogP contribution in [0.15, 0.2) is 24.0 Å². The molecule has 4 N–H and O–H groups in total. The second-order valence-electron chi connectivity index (χ2n) is 9.79. The normalized spacial score (nSPS) is 16.1. The van der Waals surface area contributed by atoms with E-state index >= 15 is 0 Å². The maximum absolute atomic E-state index is 12.7. The predicted molar refractivity (Wildman–Crippen MR) is 151 cm³/mol. The third-order valence-electron chi connectivity index (χ3n) is 6.54. The second-order valence-corrected chi connectivity index (χ2v) is 10.2. The molecule has 0 radical (unpaired) electrons. The lowest BCUT2D eigenvalue weighted by Crippen LogP contribution is -2.47. The van der Waals surface area contributed by atoms with Crippen molar-refractivity contribution in [2.45, 2.75) is 39.5 Å². The Hall–Kier alpha value is -2.93. The van der Waals surface area contributed by atoms with E-state index in [9.17, 15) is 23.4 Å². The highest BCUT2D eigenvalue weighted by Gasteiger charge is 2.30. The molecule has 9 nitrogen and oxygen atoms in total. The van der Waals surface area contributed by atoms with Gasteiger partial charge in [-0.05, 0) is 46.0 Å². The number of aromatic nitrogens is 2. The number of hydrogen-bond acceptors (Lipinski definition) is 9. The second kappa shape index (κ2) is 13.6. The molecule has 40 heavy (non-hydrogen) atoms. The number of ether oxygens (including phenoxy) is 1. The Morgan fingerprint density at radius 1 is 1.20 bits per heavy atom. The highest BCUT2D eigenvalue weighted by Crippen LogP contribution is 2.35. The molecule has 1 saturated heterocycles. The van der Waals surface area contributed by atoms with Crippen LogP contribution in [0.25, 0.3) is 17.0 Å². The number of benzene rings is 1. The number of nitrogens with one attached hydrogen (secondary N) is 2. The first-order chi connectivity index (χ1) is 18.8. The van der Waals surface area contributed by atoms with Gasteiger partial charge in [0.2, 0.25) is 0 Å². The van der Waals surface area contributed by atoms with E-state index in [1.165, 1.54) is 6.92 Å². The summed E-state index contributed by atoms with van der Waals surface area (Å²) in [6, 6.07) is 4.96. The molecular weight excluding hydrogens is 549 g/mol. The van der Waals surface area contributed by atoms with Crippen molar-refractivity contribution in [3.05, 3.63) is 40.2 Å². The number of halogens is 4. The fourth-order valence-corrected chi connectivity index (χ4v) is 4.72. The monoisotopic (exact) mass is 584 g/mol. The maximum Gasteiger partial charge on any atom is 0.390 e. The molecule has 220 valence electrons. The predicted octanol–water partition coefficient (Wildman–Crippen LogP) is 4.47. The summed E-state index contributed by atoms with van der Waals surface area (Å²) in [5, 5.41) is 31.9. The van der Waals surface area contributed by atoms with Gasteiger partial charge in [-0.25, -0.2) is 9.97 Å². The van der Waals surface area contributed by atoms with Gasteiger partial charge in [-0.2, -0.15) is 13.2 Å². The fourth-order valence-electron chi connectivity index (χ4n) is 4.52. The number of piperazine rings is 1. The number of anilines is 1. The first-order valence-electron chi connectivity index (χ1n) is 12.9. The average molecular weight is 585 g/mol. The topological polar surface area (TPSA) is 118 Å². The molecule has 3 rings (SSSR count). The standard InChI is InChI=1S/C27H36ClF3N6O3/c1-16-24(23(17(2)32)18(3)38)34-25(21-13-20(5-6-22(21)28)40-15-19(39)14-33-4)35-26(16)37-11-9-36(10-12-37)8-7-27(29,30)31/h5-6,13,19,32-33,38-39H,7-12,14-15H2,1-4H3/b23-18+,32-17?/t19-/m1/s1. The average Bonchev–Trinajstić information content (AvgIpc) is 2.88. The zero-order chi connectivity index (χ0) is 29.6. The van der Waals surface area contributed by atoms with Crippen molar-refractivity contribution in [3.63, 3.8) is 0 Å². The third-order valence-corrected chi connectivity index (χ3v) is 6.87. The van der Waals surface area contributed by atoms with Gasteiger partial charge in [0.15, 0.2) is 5.82 Å². The molecule has 0 saturated carbocycles. The molecule has 1 aromatic carbocycles. The maximum atomic E-state index is 12.7. The van der Waals surface area contributed by atoms with Gasteiger partial charge < -0.3 is 30.6 Å². The molecule has 1 atom stereocenters. The van der Waals surface area contributed by atoms with Crippen LogP contribution in [0, 0.1) is 12.3 Å². The van der Waals surface area contributed by atoms with Crippen molar-refractivity contribution in [2.24, 2.45) is 0 Å². The van der Waals surface area contributed by atoms with Crippen LogP contribution in [0.3, 0.4) is 0 Å². The minimum absolute atomic E-state index is 0.0510. The van der Waals surface area contributed by atoms with Crippen LogP contribution in [0.2, 0.25) is 5.02 Å². The van der Waals surface area contributed by atoms with E-state index in [0.29, 0.717) is 66.1 Å². The van der Waals surface area contributed by atoms with Crippen LogP contribution in [0.4, 0.5) is 19.0 Å². The Morgan fingerprint density at radius 2 is 1.88 bits per heavy atom. The van der Waals surface area contributed by atoms with Crippen LogP contribution >= 0.6 is 11.6 Å². The Morgan fingerprint density at radius 3 is 2.45 bits per heavy atom. The van der Waals surface area contributed by atoms with E-state index in [4.69, 9.17) is 31.7 Å². The molecule has 2 heterocycles. The van der Waals surface area contributed by atoms with Gasteiger partial charge in [0.25, 0.3) is 0 Å². The van der Waals surface area contributed by atoms with Gasteiger partial charge in [0.1, 0.15) is 30.0 Å². The third kappa shape index (κ3) is 8.29. The number of allylic oxidation sites excluding steroid dienone is 2. The number of alkyl halides is 3. The molecule has 0 amide bonds. The molecule has 1 aliphatic heterocycles. The number of likely N-dealkylation sites (N-methyl/N-ethyl adjacent to an activating group) is 1. The summed E-state index contributed by atoms with van der Waals surface area (Å²) in [5.74, 6) is 1.14. The van der Waals surface area contributed by atoms with Gasteiger partial charge in [-0.3, -0.25) is 4.90 Å². The molecule has 1 aromatic heterocycles. The van der Waals surface area contributed by atoms with Crippen LogP contribution < -0.4 is 15.0 Å². The van der Waals surface area contributed by atoms with Crippen LogP contribution in [-0.4, -0.2) is 96.0 Å². The lowest BCUT2D eigenvalue weighted by atomic mass is 10.0. The molecular formula is C27H36ClF3N6O3. The van der Waals surface area contributed by atoms with Gasteiger partial charge in [0.05, 0.1) is 22.7 Å². The van der Waals surface area contributed by atoms with Crippen LogP contribution in [0.1, 0.15) is 31.5 Å². The van der Waals surface area contributed by atoms with Crippen molar-refractivity contribution >= 4 is 28.7 Å². The summed E-state index contributed by atoms with van der Waals surface area (Å²) in [5.41, 5.74) is 1.80. The Kier molecular flexibility index (Phi) is 10.8. The molecule has 1 aliphatic rings. The van der Waals surface area contributed by atoms with Crippen molar-refractivity contribution in [1.82, 2.24) is 20.2 Å².